The van der Waals surface area contributed by atoms with Gasteiger partial charge in [-0.2, -0.15) is 5.26 Å². The van der Waals surface area contributed by atoms with E-state index in [1.807, 2.05) is 0 Å². The maximum Gasteiger partial charge on any atom is 0.0635 e. The predicted octanol–water partition coefficient (Wildman–Crippen LogP) is 4.55. The van der Waals surface area contributed by atoms with Crippen LogP contribution in [-0.4, -0.2) is 22.6 Å². The van der Waals surface area contributed by atoms with Crippen LogP contribution in [0.5, 0.6) is 0 Å². The maximum absolute atomic E-state index is 8.96. The van der Waals surface area contributed by atoms with Crippen molar-refractivity contribution in [2.45, 2.75) is 64.5 Å². The van der Waals surface area contributed by atoms with Crippen LogP contribution in [0.4, 0.5) is 0 Å². The van der Waals surface area contributed by atoms with E-state index in [9.17, 15) is 0 Å². The van der Waals surface area contributed by atoms with Crippen molar-refractivity contribution in [3.05, 3.63) is 35.0 Å². The molecule has 0 fully saturated rings. The second-order valence-corrected chi connectivity index (χ2v) is 8.35. The third kappa shape index (κ3) is 2.36. The summed E-state index contributed by atoms with van der Waals surface area (Å²) in [6.45, 7) is 9.92. The van der Waals surface area contributed by atoms with Crippen molar-refractivity contribution in [1.82, 2.24) is 9.47 Å². The fraction of sp³-hybridized carbons (Fsp3) is 0.571. The number of hydrogen-bond acceptors (Lipinski definition) is 2. The Morgan fingerprint density at radius 1 is 1.25 bits per heavy atom. The first-order valence-electron chi connectivity index (χ1n) is 9.27. The van der Waals surface area contributed by atoms with E-state index < -0.39 is 0 Å². The highest BCUT2D eigenvalue weighted by molar-refractivity contribution is 5.87. The lowest BCUT2D eigenvalue weighted by molar-refractivity contribution is 0.144. The number of hydrogen-bond donors (Lipinski definition) is 0. The number of aromatic nitrogens is 1. The quantitative estimate of drug-likeness (QED) is 0.813. The number of benzene rings is 1. The zero-order chi connectivity index (χ0) is 16.9. The van der Waals surface area contributed by atoms with Gasteiger partial charge in [0.25, 0.3) is 0 Å². The molecule has 126 valence electrons. The largest absolute Gasteiger partial charge is 0.342 e. The Balaban J connectivity index is 1.85. The summed E-state index contributed by atoms with van der Waals surface area (Å²) in [5.74, 6) is 0. The van der Waals surface area contributed by atoms with Gasteiger partial charge >= 0.3 is 0 Å². The summed E-state index contributed by atoms with van der Waals surface area (Å²) in [6.07, 6.45) is 4.34. The molecule has 1 aromatic heterocycles. The second kappa shape index (κ2) is 5.63. The van der Waals surface area contributed by atoms with Gasteiger partial charge in [-0.3, -0.25) is 4.90 Å². The highest BCUT2D eigenvalue weighted by Crippen LogP contribution is 2.43. The first-order chi connectivity index (χ1) is 11.5. The molecule has 0 radical (unpaired) electrons. The van der Waals surface area contributed by atoms with E-state index >= 15 is 0 Å². The van der Waals surface area contributed by atoms with Crippen molar-refractivity contribution in [1.29, 1.82) is 5.26 Å². The van der Waals surface area contributed by atoms with Crippen molar-refractivity contribution in [2.24, 2.45) is 0 Å². The summed E-state index contributed by atoms with van der Waals surface area (Å²) in [6, 6.07) is 9.93. The van der Waals surface area contributed by atoms with Crippen molar-refractivity contribution in [3.8, 4) is 6.07 Å². The van der Waals surface area contributed by atoms with E-state index in [2.05, 4.69) is 54.5 Å². The highest BCUT2D eigenvalue weighted by Gasteiger charge is 2.34. The zero-order valence-corrected chi connectivity index (χ0v) is 15.1. The standard InChI is InChI=1S/C21H27N3/c1-21(2,3)15-8-9-18-17(14-15)16-6-4-7-19-20(16)24(18)13-12-23(19)11-5-10-22/h8-9,14,19H,4-7,11-13H2,1-3H3. The summed E-state index contributed by atoms with van der Waals surface area (Å²) in [7, 11) is 0. The highest BCUT2D eigenvalue weighted by atomic mass is 15.2. The van der Waals surface area contributed by atoms with Gasteiger partial charge in [0, 0.05) is 42.7 Å². The Bertz CT molecular complexity index is 816. The molecule has 24 heavy (non-hydrogen) atoms. The van der Waals surface area contributed by atoms with Gasteiger partial charge in [-0.25, -0.2) is 0 Å². The summed E-state index contributed by atoms with van der Waals surface area (Å²) < 4.78 is 2.57. The van der Waals surface area contributed by atoms with E-state index in [0.717, 1.165) is 19.6 Å². The molecule has 2 aliphatic rings. The van der Waals surface area contributed by atoms with Gasteiger partial charge in [-0.05, 0) is 47.9 Å². The molecule has 1 unspecified atom stereocenters. The van der Waals surface area contributed by atoms with Crippen LogP contribution >= 0.6 is 0 Å². The Kier molecular flexibility index (Phi) is 3.69. The molecule has 4 rings (SSSR count). The fourth-order valence-corrected chi connectivity index (χ4v) is 4.60. The first kappa shape index (κ1) is 15.7. The number of fused-ring (bicyclic) bond motifs is 3. The van der Waals surface area contributed by atoms with Crippen molar-refractivity contribution in [3.63, 3.8) is 0 Å². The van der Waals surface area contributed by atoms with Crippen molar-refractivity contribution in [2.75, 3.05) is 13.1 Å². The molecule has 3 heteroatoms. The minimum Gasteiger partial charge on any atom is -0.342 e. The first-order valence-corrected chi connectivity index (χ1v) is 9.27. The van der Waals surface area contributed by atoms with Crippen LogP contribution in [0.3, 0.4) is 0 Å². The van der Waals surface area contributed by atoms with Crippen LogP contribution in [-0.2, 0) is 18.4 Å². The monoisotopic (exact) mass is 321 g/mol. The third-order valence-corrected chi connectivity index (χ3v) is 5.86. The lowest BCUT2D eigenvalue weighted by Crippen LogP contribution is -2.40. The van der Waals surface area contributed by atoms with Gasteiger partial charge in [0.2, 0.25) is 0 Å². The van der Waals surface area contributed by atoms with E-state index in [4.69, 9.17) is 5.26 Å². The molecule has 0 bridgehead atoms. The maximum atomic E-state index is 8.96. The number of rotatable bonds is 2. The van der Waals surface area contributed by atoms with Gasteiger partial charge in [-0.1, -0.05) is 26.8 Å². The van der Waals surface area contributed by atoms with Crippen LogP contribution < -0.4 is 0 Å². The van der Waals surface area contributed by atoms with Gasteiger partial charge in [-0.15, -0.1) is 0 Å². The summed E-state index contributed by atoms with van der Waals surface area (Å²) in [5, 5.41) is 10.4. The summed E-state index contributed by atoms with van der Waals surface area (Å²) >= 11 is 0. The van der Waals surface area contributed by atoms with Crippen LogP contribution in [0.15, 0.2) is 18.2 Å². The summed E-state index contributed by atoms with van der Waals surface area (Å²) in [5.41, 5.74) is 6.16. The van der Waals surface area contributed by atoms with Gasteiger partial charge in [0.15, 0.2) is 0 Å². The van der Waals surface area contributed by atoms with Gasteiger partial charge in [0.1, 0.15) is 0 Å². The Labute approximate surface area is 144 Å². The van der Waals surface area contributed by atoms with Crippen LogP contribution in [0.1, 0.15) is 62.9 Å². The smallest absolute Gasteiger partial charge is 0.0635 e. The number of aryl methyl sites for hydroxylation is 1. The van der Waals surface area contributed by atoms with E-state index in [0.29, 0.717) is 12.5 Å². The van der Waals surface area contributed by atoms with E-state index in [1.54, 1.807) is 11.3 Å². The second-order valence-electron chi connectivity index (χ2n) is 8.35. The lowest BCUT2D eigenvalue weighted by Gasteiger charge is -2.39. The average molecular weight is 321 g/mol. The molecular weight excluding hydrogens is 294 g/mol. The molecule has 0 spiro atoms. The molecule has 1 aromatic carbocycles. The summed E-state index contributed by atoms with van der Waals surface area (Å²) in [4.78, 5) is 2.55. The molecule has 0 N–H and O–H groups in total. The Hall–Kier alpha value is -1.79. The predicted molar refractivity (Wildman–Crippen MR) is 98.1 cm³/mol. The van der Waals surface area contributed by atoms with Crippen LogP contribution in [0.25, 0.3) is 10.9 Å². The van der Waals surface area contributed by atoms with Crippen molar-refractivity contribution < 1.29 is 0 Å². The van der Waals surface area contributed by atoms with E-state index in [1.165, 1.54) is 35.7 Å². The Morgan fingerprint density at radius 2 is 2.08 bits per heavy atom. The van der Waals surface area contributed by atoms with E-state index in [-0.39, 0.29) is 5.41 Å². The fourth-order valence-electron chi connectivity index (χ4n) is 4.60. The zero-order valence-electron chi connectivity index (χ0n) is 15.1. The topological polar surface area (TPSA) is 32.0 Å². The van der Waals surface area contributed by atoms with Gasteiger partial charge in [0.05, 0.1) is 12.1 Å². The molecule has 3 nitrogen and oxygen atoms in total. The normalized spacial score (nSPS) is 20.8. The third-order valence-electron chi connectivity index (χ3n) is 5.86. The number of nitrogens with zero attached hydrogens (tertiary/aromatic N) is 3. The van der Waals surface area contributed by atoms with Crippen LogP contribution in [0, 0.1) is 11.3 Å². The minimum absolute atomic E-state index is 0.191. The van der Waals surface area contributed by atoms with Crippen molar-refractivity contribution >= 4 is 10.9 Å². The molecule has 2 heterocycles. The SMILES string of the molecule is CC(C)(C)c1ccc2c(c1)c1c3n2CCN(CCC#N)C3CCC1. The number of nitriles is 1. The molecular formula is C21H27N3. The molecule has 0 saturated heterocycles. The molecule has 0 amide bonds. The minimum atomic E-state index is 0.191. The lowest BCUT2D eigenvalue weighted by atomic mass is 9.85. The average Bonchev–Trinajstić information content (AvgIpc) is 2.89. The molecule has 1 aliphatic heterocycles. The Morgan fingerprint density at radius 3 is 2.83 bits per heavy atom. The molecule has 1 aliphatic carbocycles. The molecule has 0 saturated carbocycles. The molecule has 2 aromatic rings. The van der Waals surface area contributed by atoms with Crippen LogP contribution in [0.2, 0.25) is 0 Å². The molecule has 1 atom stereocenters. The van der Waals surface area contributed by atoms with Gasteiger partial charge < -0.3 is 4.57 Å².